The summed E-state index contributed by atoms with van der Waals surface area (Å²) in [4.78, 5) is 12.5. The van der Waals surface area contributed by atoms with Crippen molar-refractivity contribution in [1.29, 1.82) is 0 Å². The largest absolute Gasteiger partial charge is 0.312 e. The van der Waals surface area contributed by atoms with E-state index in [0.29, 0.717) is 18.4 Å². The molecule has 1 N–H and O–H groups in total. The van der Waals surface area contributed by atoms with Crippen LogP contribution in [0.25, 0.3) is 0 Å². The van der Waals surface area contributed by atoms with Crippen LogP contribution in [0.1, 0.15) is 58.2 Å². The normalized spacial score (nSPS) is 11.5. The van der Waals surface area contributed by atoms with Gasteiger partial charge in [0.1, 0.15) is 0 Å². The van der Waals surface area contributed by atoms with Crippen LogP contribution in [0, 0.1) is 5.92 Å². The van der Waals surface area contributed by atoms with E-state index in [4.69, 9.17) is 0 Å². The first-order valence-corrected chi connectivity index (χ1v) is 7.40. The van der Waals surface area contributed by atoms with Gasteiger partial charge in [-0.15, -0.1) is 0 Å². The first kappa shape index (κ1) is 16.0. The Morgan fingerprint density at radius 2 is 1.89 bits per heavy atom. The predicted octanol–water partition coefficient (Wildman–Crippen LogP) is 3.13. The van der Waals surface area contributed by atoms with Crippen LogP contribution in [0.15, 0.2) is 16.9 Å². The smallest absolute Gasteiger partial charge is 0.255 e. The molecular formula is C16H28N2O. The Morgan fingerprint density at radius 3 is 2.42 bits per heavy atom. The maximum absolute atomic E-state index is 12.5. The highest BCUT2D eigenvalue weighted by Gasteiger charge is 2.12. The van der Waals surface area contributed by atoms with Gasteiger partial charge < -0.3 is 9.88 Å². The minimum Gasteiger partial charge on any atom is -0.312 e. The highest BCUT2D eigenvalue weighted by atomic mass is 16.1. The third-order valence-electron chi connectivity index (χ3n) is 3.17. The molecule has 0 bridgehead atoms. The van der Waals surface area contributed by atoms with Crippen LogP contribution in [0.5, 0.6) is 0 Å². The average molecular weight is 264 g/mol. The highest BCUT2D eigenvalue weighted by molar-refractivity contribution is 5.18. The number of hydrogen-bond donors (Lipinski definition) is 1. The van der Waals surface area contributed by atoms with Crippen molar-refractivity contribution in [2.45, 2.75) is 60.0 Å². The van der Waals surface area contributed by atoms with Gasteiger partial charge in [0, 0.05) is 24.3 Å². The SMILES string of the molecule is CCCNCc1ccc(C(C)C)n(CC(C)C)c1=O. The van der Waals surface area contributed by atoms with Gasteiger partial charge in [0.15, 0.2) is 0 Å². The maximum atomic E-state index is 12.5. The molecule has 19 heavy (non-hydrogen) atoms. The van der Waals surface area contributed by atoms with Crippen molar-refractivity contribution < 1.29 is 0 Å². The third-order valence-corrected chi connectivity index (χ3v) is 3.17. The van der Waals surface area contributed by atoms with Gasteiger partial charge in [0.25, 0.3) is 5.56 Å². The summed E-state index contributed by atoms with van der Waals surface area (Å²) in [6, 6.07) is 4.09. The summed E-state index contributed by atoms with van der Waals surface area (Å²) in [7, 11) is 0. The molecule has 1 aromatic rings. The fourth-order valence-electron chi connectivity index (χ4n) is 2.23. The van der Waals surface area contributed by atoms with E-state index in [-0.39, 0.29) is 5.56 Å². The minimum atomic E-state index is 0.170. The lowest BCUT2D eigenvalue weighted by Crippen LogP contribution is -2.31. The van der Waals surface area contributed by atoms with Gasteiger partial charge in [0.05, 0.1) is 0 Å². The molecule has 3 heteroatoms. The van der Waals surface area contributed by atoms with Gasteiger partial charge in [-0.25, -0.2) is 0 Å². The lowest BCUT2D eigenvalue weighted by Gasteiger charge is -2.19. The first-order chi connectivity index (χ1) is 8.97. The van der Waals surface area contributed by atoms with Gasteiger partial charge in [-0.3, -0.25) is 4.79 Å². The Balaban J connectivity index is 3.07. The zero-order valence-electron chi connectivity index (χ0n) is 13.0. The molecule has 0 aromatic carbocycles. The highest BCUT2D eigenvalue weighted by Crippen LogP contribution is 2.14. The van der Waals surface area contributed by atoms with E-state index < -0.39 is 0 Å². The molecule has 1 rings (SSSR count). The van der Waals surface area contributed by atoms with Crippen molar-refractivity contribution in [3.8, 4) is 0 Å². The molecule has 1 heterocycles. The zero-order chi connectivity index (χ0) is 14.4. The lowest BCUT2D eigenvalue weighted by molar-refractivity contribution is 0.483. The number of aromatic nitrogens is 1. The number of pyridine rings is 1. The predicted molar refractivity (Wildman–Crippen MR) is 81.6 cm³/mol. The van der Waals surface area contributed by atoms with Gasteiger partial charge in [-0.1, -0.05) is 40.7 Å². The van der Waals surface area contributed by atoms with Crippen molar-refractivity contribution in [3.05, 3.63) is 33.7 Å². The Bertz CT molecular complexity index is 447. The molecule has 0 spiro atoms. The van der Waals surface area contributed by atoms with Gasteiger partial charge in [0.2, 0.25) is 0 Å². The molecule has 0 radical (unpaired) electrons. The molecule has 3 nitrogen and oxygen atoms in total. The molecular weight excluding hydrogens is 236 g/mol. The zero-order valence-corrected chi connectivity index (χ0v) is 13.0. The maximum Gasteiger partial charge on any atom is 0.255 e. The van der Waals surface area contributed by atoms with Crippen LogP contribution in [-0.2, 0) is 13.1 Å². The second-order valence-corrected chi connectivity index (χ2v) is 5.92. The van der Waals surface area contributed by atoms with E-state index >= 15 is 0 Å². The fourth-order valence-corrected chi connectivity index (χ4v) is 2.23. The first-order valence-electron chi connectivity index (χ1n) is 7.40. The molecule has 0 aliphatic carbocycles. The summed E-state index contributed by atoms with van der Waals surface area (Å²) in [6.45, 7) is 13.1. The van der Waals surface area contributed by atoms with Crippen LogP contribution < -0.4 is 10.9 Å². The molecule has 0 aliphatic heterocycles. The third kappa shape index (κ3) is 4.50. The Kier molecular flexibility index (Phi) is 6.29. The summed E-state index contributed by atoms with van der Waals surface area (Å²) in [5.41, 5.74) is 2.18. The average Bonchev–Trinajstić information content (AvgIpc) is 2.33. The molecule has 0 fully saturated rings. The summed E-state index contributed by atoms with van der Waals surface area (Å²) in [6.07, 6.45) is 1.09. The Hall–Kier alpha value is -1.09. The van der Waals surface area contributed by atoms with Crippen LogP contribution in [0.3, 0.4) is 0 Å². The van der Waals surface area contributed by atoms with Crippen molar-refractivity contribution in [2.75, 3.05) is 6.54 Å². The van der Waals surface area contributed by atoms with E-state index in [1.165, 1.54) is 0 Å². The number of rotatable bonds is 7. The molecule has 0 saturated carbocycles. The van der Waals surface area contributed by atoms with Crippen molar-refractivity contribution in [3.63, 3.8) is 0 Å². The van der Waals surface area contributed by atoms with Crippen molar-refractivity contribution >= 4 is 0 Å². The molecule has 0 atom stereocenters. The molecule has 0 amide bonds. The second kappa shape index (κ2) is 7.49. The van der Waals surface area contributed by atoms with Crippen LogP contribution in [0.4, 0.5) is 0 Å². The summed E-state index contributed by atoms with van der Waals surface area (Å²) >= 11 is 0. The van der Waals surface area contributed by atoms with E-state index in [1.807, 2.05) is 10.6 Å². The van der Waals surface area contributed by atoms with Crippen LogP contribution >= 0.6 is 0 Å². The summed E-state index contributed by atoms with van der Waals surface area (Å²) in [5, 5.41) is 3.31. The van der Waals surface area contributed by atoms with E-state index in [9.17, 15) is 4.79 Å². The number of nitrogens with zero attached hydrogens (tertiary/aromatic N) is 1. The molecule has 108 valence electrons. The number of hydrogen-bond acceptors (Lipinski definition) is 2. The van der Waals surface area contributed by atoms with Crippen molar-refractivity contribution in [1.82, 2.24) is 9.88 Å². The monoisotopic (exact) mass is 264 g/mol. The molecule has 1 aromatic heterocycles. The second-order valence-electron chi connectivity index (χ2n) is 5.92. The Labute approximate surface area is 117 Å². The number of nitrogens with one attached hydrogen (secondary N) is 1. The van der Waals surface area contributed by atoms with E-state index in [2.05, 4.69) is 46.0 Å². The molecule has 0 saturated heterocycles. The standard InChI is InChI=1S/C16H28N2O/c1-6-9-17-10-14-7-8-15(13(4)5)18(16(14)19)11-12(2)3/h7-8,12-13,17H,6,9-11H2,1-5H3. The van der Waals surface area contributed by atoms with E-state index in [1.54, 1.807) is 0 Å². The fraction of sp³-hybridized carbons (Fsp3) is 0.688. The van der Waals surface area contributed by atoms with Crippen molar-refractivity contribution in [2.24, 2.45) is 5.92 Å². The van der Waals surface area contributed by atoms with E-state index in [0.717, 1.165) is 30.8 Å². The molecule has 0 aliphatic rings. The summed E-state index contributed by atoms with van der Waals surface area (Å²) < 4.78 is 1.96. The van der Waals surface area contributed by atoms with Gasteiger partial charge in [-0.2, -0.15) is 0 Å². The molecule has 0 unspecified atom stereocenters. The van der Waals surface area contributed by atoms with Crippen LogP contribution in [-0.4, -0.2) is 11.1 Å². The summed E-state index contributed by atoms with van der Waals surface area (Å²) in [5.74, 6) is 0.859. The minimum absolute atomic E-state index is 0.170. The van der Waals surface area contributed by atoms with Gasteiger partial charge in [-0.05, 0) is 30.9 Å². The topological polar surface area (TPSA) is 34.0 Å². The lowest BCUT2D eigenvalue weighted by atomic mass is 10.1. The van der Waals surface area contributed by atoms with Gasteiger partial charge >= 0.3 is 0 Å². The van der Waals surface area contributed by atoms with Crippen LogP contribution in [0.2, 0.25) is 0 Å². The Morgan fingerprint density at radius 1 is 1.21 bits per heavy atom. The quantitative estimate of drug-likeness (QED) is 0.768.